The molecule has 0 aliphatic carbocycles. The Morgan fingerprint density at radius 2 is 2.00 bits per heavy atom. The van der Waals surface area contributed by atoms with Gasteiger partial charge in [-0.15, -0.1) is 0 Å². The van der Waals surface area contributed by atoms with E-state index in [9.17, 15) is 0 Å². The van der Waals surface area contributed by atoms with Crippen LogP contribution in [0.5, 0.6) is 0 Å². The van der Waals surface area contributed by atoms with Crippen molar-refractivity contribution in [3.63, 3.8) is 0 Å². The van der Waals surface area contributed by atoms with Crippen molar-refractivity contribution in [1.29, 1.82) is 0 Å². The molecule has 0 saturated heterocycles. The lowest BCUT2D eigenvalue weighted by Gasteiger charge is -2.03. The second-order valence-corrected chi connectivity index (χ2v) is 5.20. The van der Waals surface area contributed by atoms with E-state index in [2.05, 4.69) is 43.7 Å². The van der Waals surface area contributed by atoms with Gasteiger partial charge in [0.15, 0.2) is 0 Å². The summed E-state index contributed by atoms with van der Waals surface area (Å²) in [6.45, 7) is 4.72. The zero-order valence-corrected chi connectivity index (χ0v) is 9.57. The van der Waals surface area contributed by atoms with Gasteiger partial charge in [-0.2, -0.15) is 0 Å². The minimum atomic E-state index is 0.227. The highest BCUT2D eigenvalue weighted by Crippen LogP contribution is 2.14. The maximum absolute atomic E-state index is 5.36. The lowest BCUT2D eigenvalue weighted by atomic mass is 10.2. The highest BCUT2D eigenvalue weighted by Gasteiger charge is 2.01. The number of rotatable bonds is 4. The van der Waals surface area contributed by atoms with Gasteiger partial charge < -0.3 is 4.18 Å². The summed E-state index contributed by atoms with van der Waals surface area (Å²) in [5.74, 6) is 0. The molecular formula is C9H13BOS2. The van der Waals surface area contributed by atoms with E-state index in [1.54, 1.807) is 0 Å². The van der Waals surface area contributed by atoms with Crippen LogP contribution >= 0.6 is 24.4 Å². The Hall–Kier alpha value is -0.0551. The predicted molar refractivity (Wildman–Crippen MR) is 64.2 cm³/mol. The number of thiol groups is 1. The topological polar surface area (TPSA) is 9.23 Å². The van der Waals surface area contributed by atoms with Gasteiger partial charge in [-0.1, -0.05) is 48.5 Å². The molecule has 70 valence electrons. The molecule has 13 heavy (non-hydrogen) atoms. The standard InChI is InChI=1S/C9H13BOS2/c1-8-3-5-9(6-4-8)7-11-13-10(2)12/h3-6,12H,7H2,1-2H3. The van der Waals surface area contributed by atoms with Crippen LogP contribution in [0.15, 0.2) is 24.3 Å². The van der Waals surface area contributed by atoms with Crippen LogP contribution in [0, 0.1) is 6.92 Å². The first kappa shape index (κ1) is 11.0. The highest BCUT2D eigenvalue weighted by atomic mass is 32.2. The molecule has 0 heterocycles. The quantitative estimate of drug-likeness (QED) is 0.466. The fourth-order valence-electron chi connectivity index (χ4n) is 0.885. The van der Waals surface area contributed by atoms with Gasteiger partial charge in [0.2, 0.25) is 0 Å². The Morgan fingerprint density at radius 3 is 2.54 bits per heavy atom. The van der Waals surface area contributed by atoms with Crippen LogP contribution in [0.4, 0.5) is 0 Å². The van der Waals surface area contributed by atoms with Gasteiger partial charge in [0.25, 0.3) is 0 Å². The first-order chi connectivity index (χ1) is 6.18. The third kappa shape index (κ3) is 4.65. The molecule has 0 aromatic heterocycles. The second-order valence-electron chi connectivity index (χ2n) is 2.94. The molecule has 4 heteroatoms. The van der Waals surface area contributed by atoms with Crippen molar-refractivity contribution in [3.8, 4) is 0 Å². The zero-order valence-electron chi connectivity index (χ0n) is 7.86. The average Bonchev–Trinajstić information content (AvgIpc) is 2.08. The molecule has 0 aliphatic heterocycles. The average molecular weight is 212 g/mol. The van der Waals surface area contributed by atoms with Crippen molar-refractivity contribution in [2.24, 2.45) is 0 Å². The molecule has 0 radical (unpaired) electrons. The van der Waals surface area contributed by atoms with Crippen LogP contribution in [0.2, 0.25) is 6.82 Å². The van der Waals surface area contributed by atoms with Gasteiger partial charge in [0, 0.05) is 0 Å². The molecule has 0 atom stereocenters. The summed E-state index contributed by atoms with van der Waals surface area (Å²) in [6.07, 6.45) is 0. The molecule has 0 spiro atoms. The molecule has 0 amide bonds. The fraction of sp³-hybridized carbons (Fsp3) is 0.333. The zero-order chi connectivity index (χ0) is 9.68. The molecule has 1 nitrogen and oxygen atoms in total. The van der Waals surface area contributed by atoms with Crippen molar-refractivity contribution in [2.75, 3.05) is 0 Å². The van der Waals surface area contributed by atoms with Crippen LogP contribution in [0.25, 0.3) is 0 Å². The third-order valence-corrected chi connectivity index (χ3v) is 2.34. The lowest BCUT2D eigenvalue weighted by Crippen LogP contribution is -1.92. The van der Waals surface area contributed by atoms with E-state index in [4.69, 9.17) is 4.18 Å². The molecule has 0 bridgehead atoms. The highest BCUT2D eigenvalue weighted by molar-refractivity contribution is 8.46. The predicted octanol–water partition coefficient (Wildman–Crippen LogP) is 3.21. The third-order valence-electron chi connectivity index (χ3n) is 1.55. The minimum absolute atomic E-state index is 0.227. The first-order valence-corrected chi connectivity index (χ1v) is 5.52. The van der Waals surface area contributed by atoms with E-state index in [1.807, 2.05) is 6.82 Å². The summed E-state index contributed by atoms with van der Waals surface area (Å²) < 4.78 is 5.36. The van der Waals surface area contributed by atoms with Crippen LogP contribution in [-0.2, 0) is 10.8 Å². The number of benzene rings is 1. The van der Waals surface area contributed by atoms with E-state index >= 15 is 0 Å². The van der Waals surface area contributed by atoms with Crippen molar-refractivity contribution in [3.05, 3.63) is 35.4 Å². The van der Waals surface area contributed by atoms with Crippen molar-refractivity contribution >= 4 is 29.6 Å². The van der Waals surface area contributed by atoms with Gasteiger partial charge in [0.1, 0.15) is 0 Å². The summed E-state index contributed by atoms with van der Waals surface area (Å²) >= 11 is 5.59. The normalized spacial score (nSPS) is 10.1. The van der Waals surface area contributed by atoms with Gasteiger partial charge in [-0.05, 0) is 12.5 Å². The van der Waals surface area contributed by atoms with Gasteiger partial charge >= 0.3 is 5.27 Å². The fourth-order valence-corrected chi connectivity index (χ4v) is 1.47. The molecule has 0 aliphatic rings. The number of hydrogen-bond donors (Lipinski definition) is 1. The summed E-state index contributed by atoms with van der Waals surface area (Å²) in [4.78, 5) is 0. The van der Waals surface area contributed by atoms with Crippen LogP contribution < -0.4 is 0 Å². The molecule has 1 aromatic carbocycles. The maximum atomic E-state index is 5.36. The molecule has 0 fully saturated rings. The smallest absolute Gasteiger partial charge is 0.303 e. The molecule has 1 aromatic rings. The van der Waals surface area contributed by atoms with E-state index in [0.29, 0.717) is 6.61 Å². The van der Waals surface area contributed by atoms with Crippen molar-refractivity contribution in [1.82, 2.24) is 0 Å². The van der Waals surface area contributed by atoms with E-state index in [-0.39, 0.29) is 5.27 Å². The monoisotopic (exact) mass is 212 g/mol. The Balaban J connectivity index is 2.33. The Labute approximate surface area is 89.7 Å². The molecule has 1 rings (SSSR count). The van der Waals surface area contributed by atoms with E-state index < -0.39 is 0 Å². The van der Waals surface area contributed by atoms with Gasteiger partial charge in [0.05, 0.1) is 6.61 Å². The summed E-state index contributed by atoms with van der Waals surface area (Å²) in [7, 11) is 0. The largest absolute Gasteiger partial charge is 0.321 e. The Morgan fingerprint density at radius 1 is 1.38 bits per heavy atom. The molecule has 0 unspecified atom stereocenters. The minimum Gasteiger partial charge on any atom is -0.321 e. The number of aryl methyl sites for hydroxylation is 1. The van der Waals surface area contributed by atoms with Crippen LogP contribution in [-0.4, -0.2) is 5.27 Å². The molecule has 0 N–H and O–H groups in total. The van der Waals surface area contributed by atoms with E-state index in [0.717, 1.165) is 0 Å². The van der Waals surface area contributed by atoms with E-state index in [1.165, 1.54) is 23.0 Å². The van der Waals surface area contributed by atoms with Crippen molar-refractivity contribution in [2.45, 2.75) is 20.4 Å². The van der Waals surface area contributed by atoms with Gasteiger partial charge in [-0.25, -0.2) is 12.5 Å². The maximum Gasteiger partial charge on any atom is 0.303 e. The SMILES string of the molecule is CB(S)SOCc1ccc(C)cc1. The second kappa shape index (κ2) is 5.63. The van der Waals surface area contributed by atoms with Gasteiger partial charge in [-0.3, -0.25) is 0 Å². The Kier molecular flexibility index (Phi) is 4.77. The Bertz CT molecular complexity index is 248. The lowest BCUT2D eigenvalue weighted by molar-refractivity contribution is 0.369. The first-order valence-electron chi connectivity index (χ1n) is 4.20. The number of hydrogen-bond acceptors (Lipinski definition) is 3. The molecular weight excluding hydrogens is 199 g/mol. The van der Waals surface area contributed by atoms with Crippen molar-refractivity contribution < 1.29 is 4.18 Å². The summed E-state index contributed by atoms with van der Waals surface area (Å²) in [5.41, 5.74) is 2.48. The van der Waals surface area contributed by atoms with Crippen LogP contribution in [0.3, 0.4) is 0 Å². The molecule has 0 saturated carbocycles. The van der Waals surface area contributed by atoms with Crippen LogP contribution in [0.1, 0.15) is 11.1 Å². The summed E-state index contributed by atoms with van der Waals surface area (Å²) in [5, 5.41) is 0.227. The summed E-state index contributed by atoms with van der Waals surface area (Å²) in [6, 6.07) is 8.35.